The molecule has 2 aromatic rings. The van der Waals surface area contributed by atoms with Crippen molar-refractivity contribution in [2.24, 2.45) is 0 Å². The van der Waals surface area contributed by atoms with E-state index in [2.05, 4.69) is 27.0 Å². The van der Waals surface area contributed by atoms with Gasteiger partial charge in [0.2, 0.25) is 5.91 Å². The molecule has 1 aromatic carbocycles. The zero-order valence-electron chi connectivity index (χ0n) is 14.0. The predicted molar refractivity (Wildman–Crippen MR) is 102 cm³/mol. The van der Waals surface area contributed by atoms with E-state index in [-0.39, 0.29) is 5.91 Å². The van der Waals surface area contributed by atoms with Crippen molar-refractivity contribution in [3.63, 3.8) is 0 Å². The fourth-order valence-electron chi connectivity index (χ4n) is 2.59. The second-order valence-electron chi connectivity index (χ2n) is 5.98. The lowest BCUT2D eigenvalue weighted by Crippen LogP contribution is -2.27. The second kappa shape index (κ2) is 8.43. The molecule has 1 saturated carbocycles. The summed E-state index contributed by atoms with van der Waals surface area (Å²) in [4.78, 5) is 12.1. The zero-order valence-corrected chi connectivity index (χ0v) is 16.3. The van der Waals surface area contributed by atoms with E-state index >= 15 is 0 Å². The maximum Gasteiger partial charge on any atom is 0.230 e. The summed E-state index contributed by atoms with van der Waals surface area (Å²) in [6.07, 6.45) is 3.05. The maximum absolute atomic E-state index is 12.1. The highest BCUT2D eigenvalue weighted by Gasteiger charge is 2.30. The average molecular weight is 399 g/mol. The number of rotatable bonds is 8. The molecule has 0 bridgehead atoms. The number of hydrogen-bond donors (Lipinski definition) is 1. The Hall–Kier alpha value is -1.24. The van der Waals surface area contributed by atoms with Gasteiger partial charge in [-0.15, -0.1) is 10.2 Å². The van der Waals surface area contributed by atoms with Gasteiger partial charge in [-0.05, 0) is 43.9 Å². The Morgan fingerprint density at radius 1 is 1.36 bits per heavy atom. The number of halogens is 2. The number of benzene rings is 1. The van der Waals surface area contributed by atoms with Gasteiger partial charge in [0.15, 0.2) is 5.16 Å². The van der Waals surface area contributed by atoms with Crippen LogP contribution in [0.25, 0.3) is 0 Å². The molecular weight excluding hydrogens is 379 g/mol. The fraction of sp³-hybridized carbons (Fsp3) is 0.471. The van der Waals surface area contributed by atoms with Gasteiger partial charge < -0.3 is 9.88 Å². The number of nitrogens with one attached hydrogen (secondary N) is 1. The van der Waals surface area contributed by atoms with Crippen molar-refractivity contribution in [3.8, 4) is 0 Å². The summed E-state index contributed by atoms with van der Waals surface area (Å²) in [7, 11) is 0. The third-order valence-corrected chi connectivity index (χ3v) is 5.62. The zero-order chi connectivity index (χ0) is 17.8. The van der Waals surface area contributed by atoms with Gasteiger partial charge in [-0.3, -0.25) is 4.79 Å². The van der Waals surface area contributed by atoms with E-state index in [1.165, 1.54) is 24.6 Å². The topological polar surface area (TPSA) is 59.8 Å². The number of carbonyl (C=O) groups is 1. The lowest BCUT2D eigenvalue weighted by atomic mass is 10.1. The standard InChI is InChI=1S/C17H20Cl2N4OS/c1-2-23-16(12-3-4-12)21-22-17(23)25-10-15(24)20-8-7-11-5-6-13(18)9-14(11)19/h5-6,9,12H,2-4,7-8,10H2,1H3,(H,20,24). The van der Waals surface area contributed by atoms with Crippen LogP contribution in [0.4, 0.5) is 0 Å². The van der Waals surface area contributed by atoms with E-state index in [4.69, 9.17) is 23.2 Å². The first kappa shape index (κ1) is 18.5. The van der Waals surface area contributed by atoms with Gasteiger partial charge in [0.05, 0.1) is 5.75 Å². The third-order valence-electron chi connectivity index (χ3n) is 4.07. The Kier molecular flexibility index (Phi) is 6.25. The van der Waals surface area contributed by atoms with Crippen LogP contribution in [-0.4, -0.2) is 33.0 Å². The number of thioether (sulfide) groups is 1. The predicted octanol–water partition coefficient (Wildman–Crippen LogP) is 3.93. The molecule has 0 unspecified atom stereocenters. The van der Waals surface area contributed by atoms with Crippen molar-refractivity contribution < 1.29 is 4.79 Å². The van der Waals surface area contributed by atoms with Crippen LogP contribution < -0.4 is 5.32 Å². The van der Waals surface area contributed by atoms with Crippen LogP contribution in [0.5, 0.6) is 0 Å². The van der Waals surface area contributed by atoms with Crippen LogP contribution in [0.3, 0.4) is 0 Å². The van der Waals surface area contributed by atoms with Crippen LogP contribution in [0.2, 0.25) is 10.0 Å². The molecule has 1 aliphatic rings. The van der Waals surface area contributed by atoms with Crippen LogP contribution in [-0.2, 0) is 17.8 Å². The van der Waals surface area contributed by atoms with Crippen molar-refractivity contribution in [3.05, 3.63) is 39.6 Å². The van der Waals surface area contributed by atoms with Crippen LogP contribution in [0.15, 0.2) is 23.4 Å². The van der Waals surface area contributed by atoms with E-state index in [0.717, 1.165) is 23.1 Å². The molecule has 134 valence electrons. The first-order valence-corrected chi connectivity index (χ1v) is 10.1. The van der Waals surface area contributed by atoms with Crippen LogP contribution >= 0.6 is 35.0 Å². The third kappa shape index (κ3) is 4.90. The molecule has 5 nitrogen and oxygen atoms in total. The van der Waals surface area contributed by atoms with Crippen molar-refractivity contribution in [2.45, 2.75) is 43.8 Å². The molecule has 1 amide bonds. The van der Waals surface area contributed by atoms with Gasteiger partial charge in [-0.2, -0.15) is 0 Å². The Balaban J connectivity index is 1.45. The summed E-state index contributed by atoms with van der Waals surface area (Å²) in [6, 6.07) is 5.40. The summed E-state index contributed by atoms with van der Waals surface area (Å²) in [5.41, 5.74) is 0.971. The number of carbonyl (C=O) groups excluding carboxylic acids is 1. The minimum absolute atomic E-state index is 0.0197. The lowest BCUT2D eigenvalue weighted by molar-refractivity contribution is -0.118. The highest BCUT2D eigenvalue weighted by atomic mass is 35.5. The molecule has 1 N–H and O–H groups in total. The Labute approximate surface area is 161 Å². The van der Waals surface area contributed by atoms with Crippen molar-refractivity contribution >= 4 is 40.9 Å². The molecule has 0 atom stereocenters. The summed E-state index contributed by atoms with van der Waals surface area (Å²) < 4.78 is 2.11. The fourth-order valence-corrected chi connectivity index (χ4v) is 3.93. The minimum Gasteiger partial charge on any atom is -0.355 e. The molecule has 25 heavy (non-hydrogen) atoms. The van der Waals surface area contributed by atoms with Crippen LogP contribution in [0.1, 0.15) is 37.1 Å². The molecule has 0 radical (unpaired) electrons. The molecular formula is C17H20Cl2N4OS. The number of nitrogens with zero attached hydrogens (tertiary/aromatic N) is 3. The van der Waals surface area contributed by atoms with Crippen molar-refractivity contribution in [2.75, 3.05) is 12.3 Å². The van der Waals surface area contributed by atoms with Gasteiger partial charge in [0.25, 0.3) is 0 Å². The lowest BCUT2D eigenvalue weighted by Gasteiger charge is -2.08. The van der Waals surface area contributed by atoms with Gasteiger partial charge >= 0.3 is 0 Å². The summed E-state index contributed by atoms with van der Waals surface area (Å²) in [5, 5.41) is 13.5. The second-order valence-corrected chi connectivity index (χ2v) is 7.77. The smallest absolute Gasteiger partial charge is 0.230 e. The highest BCUT2D eigenvalue weighted by Crippen LogP contribution is 2.39. The summed E-state index contributed by atoms with van der Waals surface area (Å²) in [6.45, 7) is 3.45. The molecule has 0 aliphatic heterocycles. The monoisotopic (exact) mass is 398 g/mol. The molecule has 0 saturated heterocycles. The first-order chi connectivity index (χ1) is 12.1. The average Bonchev–Trinajstić information content (AvgIpc) is 3.35. The minimum atomic E-state index is -0.0197. The summed E-state index contributed by atoms with van der Waals surface area (Å²) in [5.74, 6) is 1.92. The Morgan fingerprint density at radius 3 is 2.84 bits per heavy atom. The van der Waals surface area contributed by atoms with Crippen LogP contribution in [0, 0.1) is 0 Å². The Bertz CT molecular complexity index is 761. The molecule has 1 aromatic heterocycles. The van der Waals surface area contributed by atoms with Gasteiger partial charge in [-0.25, -0.2) is 0 Å². The van der Waals surface area contributed by atoms with Gasteiger partial charge in [0.1, 0.15) is 5.82 Å². The van der Waals surface area contributed by atoms with E-state index in [9.17, 15) is 4.79 Å². The number of aromatic nitrogens is 3. The van der Waals surface area contributed by atoms with E-state index < -0.39 is 0 Å². The van der Waals surface area contributed by atoms with E-state index in [0.29, 0.717) is 34.7 Å². The molecule has 0 spiro atoms. The van der Waals surface area contributed by atoms with Gasteiger partial charge in [0, 0.05) is 29.1 Å². The summed E-state index contributed by atoms with van der Waals surface area (Å²) >= 11 is 13.4. The molecule has 1 aliphatic carbocycles. The van der Waals surface area contributed by atoms with Crippen molar-refractivity contribution in [1.29, 1.82) is 0 Å². The van der Waals surface area contributed by atoms with Crippen molar-refractivity contribution in [1.82, 2.24) is 20.1 Å². The molecule has 1 fully saturated rings. The van der Waals surface area contributed by atoms with E-state index in [1.807, 2.05) is 6.07 Å². The number of amides is 1. The largest absolute Gasteiger partial charge is 0.355 e. The Morgan fingerprint density at radius 2 is 2.16 bits per heavy atom. The first-order valence-electron chi connectivity index (χ1n) is 8.35. The molecule has 3 rings (SSSR count). The highest BCUT2D eigenvalue weighted by molar-refractivity contribution is 7.99. The van der Waals surface area contributed by atoms with Gasteiger partial charge in [-0.1, -0.05) is 41.0 Å². The number of hydrogen-bond acceptors (Lipinski definition) is 4. The molecule has 1 heterocycles. The SMILES string of the molecule is CCn1c(SCC(=O)NCCc2ccc(Cl)cc2Cl)nnc1C1CC1. The van der Waals surface area contributed by atoms with E-state index in [1.54, 1.807) is 12.1 Å². The quantitative estimate of drug-likeness (QED) is 0.684. The molecule has 8 heteroatoms. The normalized spacial score (nSPS) is 13.9. The maximum atomic E-state index is 12.1.